The van der Waals surface area contributed by atoms with E-state index in [4.69, 9.17) is 5.11 Å². The van der Waals surface area contributed by atoms with E-state index in [2.05, 4.69) is 15.9 Å². The molecule has 0 fully saturated rings. The number of halogens is 1. The van der Waals surface area contributed by atoms with Gasteiger partial charge in [-0.05, 0) is 0 Å². The quantitative estimate of drug-likeness (QED) is 0.445. The zero-order chi connectivity index (χ0) is 4.99. The Labute approximate surface area is 44.3 Å². The van der Waals surface area contributed by atoms with Crippen molar-refractivity contribution in [3.05, 3.63) is 0 Å². The van der Waals surface area contributed by atoms with Crippen LogP contribution in [0, 0.1) is 0 Å². The maximum Gasteiger partial charge on any atom is 0.149 e. The molecule has 2 nitrogen and oxygen atoms in total. The fourth-order valence-electron chi connectivity index (χ4n) is 0.0364. The summed E-state index contributed by atoms with van der Waals surface area (Å²) in [5, 5.41) is 8.58. The van der Waals surface area contributed by atoms with Gasteiger partial charge in [0.15, 0.2) is 0 Å². The lowest BCUT2D eigenvalue weighted by atomic mass is 10.5. The summed E-state index contributed by atoms with van der Waals surface area (Å²) < 4.78 is 0. The standard InChI is InChI=1S/C3H5BrO2/c4-1-3(6)2-5/h2-3,6H,1H2/t3-/m1/s1. The molecular formula is C3H5BrO2. The van der Waals surface area contributed by atoms with Gasteiger partial charge in [0.2, 0.25) is 0 Å². The molecule has 0 amide bonds. The van der Waals surface area contributed by atoms with Gasteiger partial charge in [0.25, 0.3) is 0 Å². The highest BCUT2D eigenvalue weighted by atomic mass is 79.9. The maximum atomic E-state index is 9.46. The van der Waals surface area contributed by atoms with Gasteiger partial charge in [-0.15, -0.1) is 0 Å². The Morgan fingerprint density at radius 3 is 2.50 bits per heavy atom. The number of aliphatic hydroxyl groups excluding tert-OH is 1. The zero-order valence-electron chi connectivity index (χ0n) is 3.10. The van der Waals surface area contributed by atoms with Crippen LogP contribution in [0.3, 0.4) is 0 Å². The number of aliphatic hydroxyl groups is 1. The topological polar surface area (TPSA) is 37.3 Å². The van der Waals surface area contributed by atoms with E-state index in [1.54, 1.807) is 0 Å². The van der Waals surface area contributed by atoms with E-state index >= 15 is 0 Å². The van der Waals surface area contributed by atoms with E-state index in [0.717, 1.165) is 0 Å². The molecule has 0 spiro atoms. The Balaban J connectivity index is 2.96. The van der Waals surface area contributed by atoms with Gasteiger partial charge in [0.05, 0.1) is 0 Å². The van der Waals surface area contributed by atoms with Crippen LogP contribution in [0.1, 0.15) is 0 Å². The minimum absolute atomic E-state index is 0.330. The molecule has 0 aliphatic rings. The molecule has 0 aromatic carbocycles. The largest absolute Gasteiger partial charge is 0.385 e. The summed E-state index contributed by atoms with van der Waals surface area (Å²) in [4.78, 5) is 9.46. The number of rotatable bonds is 2. The number of carbonyl (C=O) groups is 1. The number of carbonyl (C=O) groups excluding carboxylic acids is 1. The summed E-state index contributed by atoms with van der Waals surface area (Å²) in [6.07, 6.45) is -0.348. The van der Waals surface area contributed by atoms with Gasteiger partial charge in [-0.1, -0.05) is 15.9 Å². The summed E-state index contributed by atoms with van der Waals surface area (Å²) in [7, 11) is 0. The highest BCUT2D eigenvalue weighted by Crippen LogP contribution is 1.82. The van der Waals surface area contributed by atoms with Gasteiger partial charge < -0.3 is 9.90 Å². The van der Waals surface area contributed by atoms with E-state index in [1.165, 1.54) is 0 Å². The zero-order valence-corrected chi connectivity index (χ0v) is 4.68. The van der Waals surface area contributed by atoms with Crippen LogP contribution in [0.5, 0.6) is 0 Å². The fraction of sp³-hybridized carbons (Fsp3) is 0.667. The monoisotopic (exact) mass is 152 g/mol. The van der Waals surface area contributed by atoms with E-state index in [9.17, 15) is 4.79 Å². The fourth-order valence-corrected chi connectivity index (χ4v) is 0.189. The van der Waals surface area contributed by atoms with E-state index < -0.39 is 6.10 Å². The molecular weight excluding hydrogens is 148 g/mol. The molecule has 6 heavy (non-hydrogen) atoms. The number of hydrogen-bond donors (Lipinski definition) is 1. The Hall–Kier alpha value is 0.110. The first-order valence-electron chi connectivity index (χ1n) is 1.50. The molecule has 0 aromatic rings. The van der Waals surface area contributed by atoms with Crippen molar-refractivity contribution in [2.75, 3.05) is 5.33 Å². The predicted molar refractivity (Wildman–Crippen MR) is 25.9 cm³/mol. The van der Waals surface area contributed by atoms with E-state index in [1.807, 2.05) is 0 Å². The van der Waals surface area contributed by atoms with Crippen LogP contribution in [-0.2, 0) is 4.79 Å². The average molecular weight is 153 g/mol. The van der Waals surface area contributed by atoms with Gasteiger partial charge in [-0.3, -0.25) is 0 Å². The number of alkyl halides is 1. The summed E-state index contributed by atoms with van der Waals surface area (Å²) in [6, 6.07) is 0. The van der Waals surface area contributed by atoms with Crippen molar-refractivity contribution >= 4 is 22.2 Å². The molecule has 3 heteroatoms. The van der Waals surface area contributed by atoms with Crippen LogP contribution in [0.2, 0.25) is 0 Å². The summed E-state index contributed by atoms with van der Waals surface area (Å²) in [6.45, 7) is 0. The molecule has 0 rings (SSSR count). The second-order valence-corrected chi connectivity index (χ2v) is 1.51. The lowest BCUT2D eigenvalue weighted by molar-refractivity contribution is -0.113. The second kappa shape index (κ2) is 3.31. The highest BCUT2D eigenvalue weighted by molar-refractivity contribution is 9.09. The molecule has 0 aliphatic heterocycles. The molecule has 0 saturated carbocycles. The molecule has 0 radical (unpaired) electrons. The molecule has 0 bridgehead atoms. The molecule has 1 atom stereocenters. The third-order valence-corrected chi connectivity index (χ3v) is 0.979. The van der Waals surface area contributed by atoms with Gasteiger partial charge in [0, 0.05) is 5.33 Å². The van der Waals surface area contributed by atoms with Crippen LogP contribution in [-0.4, -0.2) is 22.8 Å². The lowest BCUT2D eigenvalue weighted by Gasteiger charge is -1.88. The molecule has 0 aliphatic carbocycles. The van der Waals surface area contributed by atoms with Crippen LogP contribution >= 0.6 is 15.9 Å². The van der Waals surface area contributed by atoms with Crippen LogP contribution in [0.15, 0.2) is 0 Å². The van der Waals surface area contributed by atoms with Crippen molar-refractivity contribution in [3.8, 4) is 0 Å². The van der Waals surface area contributed by atoms with Crippen molar-refractivity contribution in [2.24, 2.45) is 0 Å². The SMILES string of the molecule is O=C[C@H](O)CBr. The minimum atomic E-state index is -0.829. The normalized spacial score (nSPS) is 13.7. The Bertz CT molecular complexity index is 46.1. The molecule has 36 valence electrons. The van der Waals surface area contributed by atoms with Crippen LogP contribution in [0.25, 0.3) is 0 Å². The summed E-state index contributed by atoms with van der Waals surface area (Å²) in [5.74, 6) is 0. The van der Waals surface area contributed by atoms with E-state index in [0.29, 0.717) is 11.6 Å². The Morgan fingerprint density at radius 1 is 2.00 bits per heavy atom. The molecule has 0 saturated heterocycles. The molecule has 0 aromatic heterocycles. The van der Waals surface area contributed by atoms with Crippen LogP contribution < -0.4 is 0 Å². The number of aldehydes is 1. The van der Waals surface area contributed by atoms with Crippen LogP contribution in [0.4, 0.5) is 0 Å². The Kier molecular flexibility index (Phi) is 3.37. The third-order valence-electron chi connectivity index (χ3n) is 0.315. The van der Waals surface area contributed by atoms with Crippen molar-refractivity contribution in [2.45, 2.75) is 6.10 Å². The maximum absolute atomic E-state index is 9.46. The lowest BCUT2D eigenvalue weighted by Crippen LogP contribution is -2.07. The van der Waals surface area contributed by atoms with Crippen molar-refractivity contribution in [1.82, 2.24) is 0 Å². The van der Waals surface area contributed by atoms with E-state index in [-0.39, 0.29) is 0 Å². The smallest absolute Gasteiger partial charge is 0.149 e. The molecule has 0 heterocycles. The first-order chi connectivity index (χ1) is 2.81. The first-order valence-corrected chi connectivity index (χ1v) is 2.62. The van der Waals surface area contributed by atoms with Gasteiger partial charge >= 0.3 is 0 Å². The van der Waals surface area contributed by atoms with Crippen molar-refractivity contribution in [3.63, 3.8) is 0 Å². The van der Waals surface area contributed by atoms with Crippen molar-refractivity contribution in [1.29, 1.82) is 0 Å². The average Bonchev–Trinajstić information content (AvgIpc) is 1.65. The number of hydrogen-bond acceptors (Lipinski definition) is 2. The first kappa shape index (κ1) is 6.11. The van der Waals surface area contributed by atoms with Crippen molar-refractivity contribution < 1.29 is 9.90 Å². The molecule has 0 unspecified atom stereocenters. The summed E-state index contributed by atoms with van der Waals surface area (Å²) >= 11 is 2.89. The highest BCUT2D eigenvalue weighted by Gasteiger charge is 1.92. The predicted octanol–water partition coefficient (Wildman–Crippen LogP) is -0.0589. The third kappa shape index (κ3) is 2.35. The summed E-state index contributed by atoms with van der Waals surface area (Å²) in [5.41, 5.74) is 0. The Morgan fingerprint density at radius 2 is 2.50 bits per heavy atom. The molecule has 1 N–H and O–H groups in total. The van der Waals surface area contributed by atoms with Gasteiger partial charge in [-0.25, -0.2) is 0 Å². The minimum Gasteiger partial charge on any atom is -0.385 e. The van der Waals surface area contributed by atoms with Gasteiger partial charge in [0.1, 0.15) is 12.4 Å². The second-order valence-electron chi connectivity index (χ2n) is 0.858. The van der Waals surface area contributed by atoms with Gasteiger partial charge in [-0.2, -0.15) is 0 Å².